The second kappa shape index (κ2) is 11.8. The van der Waals surface area contributed by atoms with E-state index in [2.05, 4.69) is 77.1 Å². The van der Waals surface area contributed by atoms with Gasteiger partial charge in [-0.3, -0.25) is 9.69 Å². The lowest BCUT2D eigenvalue weighted by Gasteiger charge is -2.39. The van der Waals surface area contributed by atoms with E-state index in [1.165, 1.54) is 18.5 Å². The first-order valence-electron chi connectivity index (χ1n) is 9.59. The third-order valence-electron chi connectivity index (χ3n) is 5.38. The summed E-state index contributed by atoms with van der Waals surface area (Å²) in [6.45, 7) is 6.27. The minimum absolute atomic E-state index is 0.250. The van der Waals surface area contributed by atoms with Gasteiger partial charge in [0.2, 0.25) is 0 Å². The number of carbonyl (C=O) groups is 1. The van der Waals surface area contributed by atoms with Crippen molar-refractivity contribution >= 4 is 41.5 Å². The minimum atomic E-state index is -0.250. The normalized spacial score (nSPS) is 16.0. The summed E-state index contributed by atoms with van der Waals surface area (Å²) in [7, 11) is 0. The molecule has 0 atom stereocenters. The fourth-order valence-corrected chi connectivity index (χ4v) is 4.09. The van der Waals surface area contributed by atoms with Crippen LogP contribution < -0.4 is 10.6 Å². The molecule has 1 aliphatic carbocycles. The third kappa shape index (κ3) is 6.42. The molecule has 2 aliphatic rings. The van der Waals surface area contributed by atoms with Crippen LogP contribution in [0.4, 0.5) is 5.69 Å². The quantitative estimate of drug-likeness (QED) is 0.557. The van der Waals surface area contributed by atoms with Crippen LogP contribution in [0.15, 0.2) is 42.5 Å². The van der Waals surface area contributed by atoms with Gasteiger partial charge in [0.25, 0.3) is 6.47 Å². The second-order valence-electron chi connectivity index (χ2n) is 7.03. The number of nitrogens with zero attached hydrogens (tertiary/aromatic N) is 2. The summed E-state index contributed by atoms with van der Waals surface area (Å²) in [5.41, 5.74) is 11.1. The molecule has 4 rings (SSSR count). The second-order valence-corrected chi connectivity index (χ2v) is 7.71. The van der Waals surface area contributed by atoms with E-state index in [0.29, 0.717) is 6.04 Å². The average Bonchev–Trinajstić information content (AvgIpc) is 3.16. The maximum absolute atomic E-state index is 8.36. The molecule has 5 nitrogen and oxygen atoms in total. The summed E-state index contributed by atoms with van der Waals surface area (Å²) in [5, 5.41) is 7.76. The molecular weight excluding hydrogens is 406 g/mol. The highest BCUT2D eigenvalue weighted by atomic mass is 35.5. The van der Waals surface area contributed by atoms with Gasteiger partial charge in [-0.2, -0.15) is 0 Å². The standard InChI is InChI=1S/C20H23ClN2.CH3NS.CH2O2/c1-15-6-7-18(14-20(15)21)22-8-10-23(11-9-22)19-12-16-4-2-3-5-17(16)13-19;2*2-1-3/h2-7,14,19H,8-13H2,1H3;1H,(H2,2,3);1H,(H,2,3). The number of benzene rings is 2. The number of nitrogens with two attached hydrogens (primary N) is 1. The van der Waals surface area contributed by atoms with Crippen molar-refractivity contribution < 1.29 is 9.90 Å². The Bertz CT molecular complexity index is 779. The van der Waals surface area contributed by atoms with Crippen LogP contribution in [0, 0.1) is 6.92 Å². The zero-order valence-electron chi connectivity index (χ0n) is 16.6. The molecule has 156 valence electrons. The molecule has 7 heteroatoms. The SMILES string of the molecule is Cc1ccc(N2CCN(C3Cc4ccccc4C3)CC2)cc1Cl.NC=S.O=CO. The lowest BCUT2D eigenvalue weighted by molar-refractivity contribution is -0.122. The molecule has 0 radical (unpaired) electrons. The molecule has 1 heterocycles. The highest BCUT2D eigenvalue weighted by molar-refractivity contribution is 7.78. The number of carboxylic acid groups (broad SMARTS) is 1. The topological polar surface area (TPSA) is 69.8 Å². The number of hydrogen-bond acceptors (Lipinski definition) is 4. The van der Waals surface area contributed by atoms with Gasteiger partial charge in [0.05, 0.1) is 5.49 Å². The summed E-state index contributed by atoms with van der Waals surface area (Å²) >= 11 is 10.3. The lowest BCUT2D eigenvalue weighted by atomic mass is 10.1. The van der Waals surface area contributed by atoms with Crippen LogP contribution in [0.1, 0.15) is 16.7 Å². The van der Waals surface area contributed by atoms with Crippen LogP contribution in [0.3, 0.4) is 0 Å². The van der Waals surface area contributed by atoms with Crippen LogP contribution in [-0.4, -0.2) is 54.2 Å². The summed E-state index contributed by atoms with van der Waals surface area (Å²) in [6, 6.07) is 16.0. The van der Waals surface area contributed by atoms with Crippen LogP contribution in [0.5, 0.6) is 0 Å². The molecule has 1 saturated heterocycles. The maximum atomic E-state index is 8.36. The third-order valence-corrected chi connectivity index (χ3v) is 5.79. The number of anilines is 1. The van der Waals surface area contributed by atoms with E-state index in [-0.39, 0.29) is 6.47 Å². The highest BCUT2D eigenvalue weighted by Gasteiger charge is 2.29. The summed E-state index contributed by atoms with van der Waals surface area (Å²) in [6.07, 6.45) is 2.43. The van der Waals surface area contributed by atoms with Crippen molar-refractivity contribution in [3.8, 4) is 0 Å². The van der Waals surface area contributed by atoms with Crippen LogP contribution >= 0.6 is 23.8 Å². The Morgan fingerprint density at radius 2 is 1.62 bits per heavy atom. The van der Waals surface area contributed by atoms with Crippen molar-refractivity contribution in [1.82, 2.24) is 4.90 Å². The number of rotatable bonds is 2. The first kappa shape index (κ1) is 23.1. The zero-order valence-corrected chi connectivity index (χ0v) is 18.2. The van der Waals surface area contributed by atoms with E-state index in [4.69, 9.17) is 21.5 Å². The Labute approximate surface area is 183 Å². The number of halogens is 1. The number of fused-ring (bicyclic) bond motifs is 1. The number of aryl methyl sites for hydroxylation is 1. The van der Waals surface area contributed by atoms with Crippen LogP contribution in [0.25, 0.3) is 0 Å². The minimum Gasteiger partial charge on any atom is -0.483 e. The van der Waals surface area contributed by atoms with Gasteiger partial charge < -0.3 is 15.7 Å². The van der Waals surface area contributed by atoms with E-state index in [0.717, 1.165) is 42.3 Å². The molecule has 29 heavy (non-hydrogen) atoms. The van der Waals surface area contributed by atoms with Gasteiger partial charge in [-0.15, -0.1) is 0 Å². The molecule has 1 aliphatic heterocycles. The molecule has 2 aromatic rings. The average molecular weight is 434 g/mol. The first-order chi connectivity index (χ1) is 14.0. The van der Waals surface area contributed by atoms with Crippen molar-refractivity contribution in [2.75, 3.05) is 31.1 Å². The number of hydrogen-bond donors (Lipinski definition) is 2. The van der Waals surface area contributed by atoms with Gasteiger partial charge in [0.15, 0.2) is 0 Å². The summed E-state index contributed by atoms with van der Waals surface area (Å²) in [5.74, 6) is 0. The Morgan fingerprint density at radius 3 is 2.10 bits per heavy atom. The molecule has 0 aromatic heterocycles. The van der Waals surface area contributed by atoms with Crippen LogP contribution in [-0.2, 0) is 17.6 Å². The maximum Gasteiger partial charge on any atom is 0.290 e. The molecule has 2 aromatic carbocycles. The monoisotopic (exact) mass is 433 g/mol. The Kier molecular flexibility index (Phi) is 9.38. The van der Waals surface area contributed by atoms with Gasteiger partial charge in [-0.25, -0.2) is 0 Å². The molecule has 3 N–H and O–H groups in total. The van der Waals surface area contributed by atoms with E-state index in [1.54, 1.807) is 11.1 Å². The fourth-order valence-electron chi connectivity index (χ4n) is 3.92. The molecule has 0 amide bonds. The van der Waals surface area contributed by atoms with Crippen LogP contribution in [0.2, 0.25) is 5.02 Å². The van der Waals surface area contributed by atoms with Crippen molar-refractivity contribution in [2.24, 2.45) is 5.73 Å². The molecule has 0 saturated carbocycles. The summed E-state index contributed by atoms with van der Waals surface area (Å²) < 4.78 is 0. The van der Waals surface area contributed by atoms with E-state index >= 15 is 0 Å². The molecule has 1 fully saturated rings. The Balaban J connectivity index is 0.000000449. The van der Waals surface area contributed by atoms with Crippen molar-refractivity contribution in [1.29, 1.82) is 0 Å². The van der Waals surface area contributed by atoms with Crippen molar-refractivity contribution in [3.05, 3.63) is 64.2 Å². The number of piperazine rings is 1. The van der Waals surface area contributed by atoms with Gasteiger partial charge in [0, 0.05) is 42.9 Å². The molecule has 0 spiro atoms. The zero-order chi connectivity index (χ0) is 21.2. The van der Waals surface area contributed by atoms with E-state index in [9.17, 15) is 0 Å². The van der Waals surface area contributed by atoms with Gasteiger partial charge in [-0.05, 0) is 48.6 Å². The first-order valence-corrected chi connectivity index (χ1v) is 10.4. The Morgan fingerprint density at radius 1 is 1.10 bits per heavy atom. The van der Waals surface area contributed by atoms with E-state index in [1.807, 2.05) is 0 Å². The Hall–Kier alpha value is -2.15. The summed E-state index contributed by atoms with van der Waals surface area (Å²) in [4.78, 5) is 13.5. The predicted molar refractivity (Wildman–Crippen MR) is 124 cm³/mol. The van der Waals surface area contributed by atoms with E-state index < -0.39 is 0 Å². The smallest absolute Gasteiger partial charge is 0.290 e. The predicted octanol–water partition coefficient (Wildman–Crippen LogP) is 3.54. The fraction of sp³-hybridized carbons (Fsp3) is 0.364. The van der Waals surface area contributed by atoms with Gasteiger partial charge in [-0.1, -0.05) is 54.2 Å². The largest absolute Gasteiger partial charge is 0.483 e. The molecule has 0 unspecified atom stereocenters. The van der Waals surface area contributed by atoms with Gasteiger partial charge in [0.1, 0.15) is 0 Å². The number of thiocarbonyl (C=S) groups is 1. The van der Waals surface area contributed by atoms with Crippen molar-refractivity contribution in [3.63, 3.8) is 0 Å². The lowest BCUT2D eigenvalue weighted by Crippen LogP contribution is -2.50. The molecule has 0 bridgehead atoms. The highest BCUT2D eigenvalue weighted by Crippen LogP contribution is 2.28. The van der Waals surface area contributed by atoms with Gasteiger partial charge >= 0.3 is 0 Å². The molecular formula is C22H28ClN3O2S. The van der Waals surface area contributed by atoms with Crippen molar-refractivity contribution in [2.45, 2.75) is 25.8 Å².